The molecule has 0 unspecified atom stereocenters. The number of carboxylic acid groups (broad SMARTS) is 1. The van der Waals surface area contributed by atoms with E-state index < -0.39 is 11.6 Å². The average Bonchev–Trinajstić information content (AvgIpc) is 3.34. The molecular weight excluding hydrogens is 491 g/mol. The van der Waals surface area contributed by atoms with E-state index in [9.17, 15) is 14.3 Å². The summed E-state index contributed by atoms with van der Waals surface area (Å²) in [6.07, 6.45) is 0.390. The van der Waals surface area contributed by atoms with Crippen LogP contribution in [0.15, 0.2) is 128 Å². The number of rotatable bonds is 6. The van der Waals surface area contributed by atoms with Crippen molar-refractivity contribution in [3.05, 3.63) is 150 Å². The van der Waals surface area contributed by atoms with E-state index in [4.69, 9.17) is 5.10 Å². The smallest absolute Gasteiger partial charge is 0.410 e. The number of carbonyl (C=O) groups is 1. The average molecular weight is 515 g/mol. The fourth-order valence-electron chi connectivity index (χ4n) is 5.17. The lowest BCUT2D eigenvalue weighted by molar-refractivity contribution is 0.209. The van der Waals surface area contributed by atoms with Crippen LogP contribution in [0.3, 0.4) is 0 Å². The highest BCUT2D eigenvalue weighted by atomic mass is 19.1. The molecule has 0 aliphatic heterocycles. The highest BCUT2D eigenvalue weighted by Crippen LogP contribution is 2.44. The molecule has 0 spiro atoms. The van der Waals surface area contributed by atoms with Crippen LogP contribution in [0, 0.1) is 5.82 Å². The number of aromatic nitrogens is 3. The van der Waals surface area contributed by atoms with Gasteiger partial charge in [-0.05, 0) is 41.0 Å². The molecule has 6 nitrogen and oxygen atoms in total. The van der Waals surface area contributed by atoms with Gasteiger partial charge < -0.3 is 5.11 Å². The number of nitrogens with zero attached hydrogens (tertiary/aromatic N) is 3. The van der Waals surface area contributed by atoms with Crippen LogP contribution in [0.5, 0.6) is 0 Å². The molecule has 190 valence electrons. The van der Waals surface area contributed by atoms with E-state index in [-0.39, 0.29) is 11.6 Å². The molecule has 39 heavy (non-hydrogen) atoms. The Balaban J connectivity index is 1.78. The number of halogens is 1. The Labute approximate surface area is 224 Å². The largest absolute Gasteiger partial charge is 0.465 e. The van der Waals surface area contributed by atoms with E-state index in [1.54, 1.807) is 24.4 Å². The van der Waals surface area contributed by atoms with Crippen LogP contribution >= 0.6 is 0 Å². The molecule has 2 aromatic heterocycles. The Hall–Kier alpha value is -5.30. The first-order chi connectivity index (χ1) is 19.1. The number of nitrogens with one attached hydrogen (secondary N) is 1. The summed E-state index contributed by atoms with van der Waals surface area (Å²) in [5, 5.41) is 17.7. The first-order valence-electron chi connectivity index (χ1n) is 12.4. The summed E-state index contributed by atoms with van der Waals surface area (Å²) in [6.45, 7) is 0. The number of hydrogen-bond donors (Lipinski definition) is 2. The molecule has 0 aliphatic rings. The summed E-state index contributed by atoms with van der Waals surface area (Å²) in [6, 6.07) is 38.0. The number of anilines is 1. The predicted octanol–water partition coefficient (Wildman–Crippen LogP) is 7.17. The molecule has 0 saturated carbocycles. The van der Waals surface area contributed by atoms with Crippen LogP contribution < -0.4 is 5.32 Å². The van der Waals surface area contributed by atoms with E-state index in [0.29, 0.717) is 22.2 Å². The minimum Gasteiger partial charge on any atom is -0.465 e. The minimum atomic E-state index is -1.22. The standard InChI is InChI=1S/C32H23FN4O2/c33-26-18-16-22(17-19-26)30-27-21-34-29(35-31(38)39)20-28(27)37(36-30)32(23-10-4-1-5-11-23,24-12-6-2-7-13-24)25-14-8-3-9-15-25/h1-21H,(H,34,35)(H,38,39). The number of benzene rings is 4. The highest BCUT2D eigenvalue weighted by molar-refractivity contribution is 5.95. The molecular formula is C32H23FN4O2. The number of hydrogen-bond acceptors (Lipinski definition) is 3. The van der Waals surface area contributed by atoms with Gasteiger partial charge in [0.15, 0.2) is 0 Å². The Kier molecular flexibility index (Phi) is 6.09. The predicted molar refractivity (Wildman–Crippen MR) is 149 cm³/mol. The van der Waals surface area contributed by atoms with Crippen molar-refractivity contribution >= 4 is 22.8 Å². The zero-order chi connectivity index (χ0) is 26.8. The molecule has 0 bridgehead atoms. The maximum absolute atomic E-state index is 13.8. The van der Waals surface area contributed by atoms with Crippen molar-refractivity contribution in [3.63, 3.8) is 0 Å². The topological polar surface area (TPSA) is 80.0 Å². The summed E-state index contributed by atoms with van der Waals surface area (Å²) in [5.41, 5.74) is 3.91. The Morgan fingerprint density at radius 3 is 1.77 bits per heavy atom. The van der Waals surface area contributed by atoms with E-state index in [0.717, 1.165) is 16.7 Å². The van der Waals surface area contributed by atoms with Gasteiger partial charge in [-0.2, -0.15) is 5.10 Å². The van der Waals surface area contributed by atoms with Gasteiger partial charge in [-0.15, -0.1) is 0 Å². The van der Waals surface area contributed by atoms with Crippen LogP contribution in [-0.2, 0) is 5.54 Å². The molecule has 0 radical (unpaired) electrons. The summed E-state index contributed by atoms with van der Waals surface area (Å²) in [5.74, 6) is -0.175. The van der Waals surface area contributed by atoms with Gasteiger partial charge in [0, 0.05) is 23.2 Å². The SMILES string of the molecule is O=C(O)Nc1cc2c(cn1)c(-c1ccc(F)cc1)nn2C(c1ccccc1)(c1ccccc1)c1ccccc1. The molecule has 4 aromatic carbocycles. The number of pyridine rings is 1. The van der Waals surface area contributed by atoms with Crippen LogP contribution in [0.25, 0.3) is 22.2 Å². The van der Waals surface area contributed by atoms with Gasteiger partial charge in [-0.25, -0.2) is 18.9 Å². The molecule has 2 N–H and O–H groups in total. The third kappa shape index (κ3) is 4.20. The van der Waals surface area contributed by atoms with Gasteiger partial charge >= 0.3 is 6.09 Å². The monoisotopic (exact) mass is 514 g/mol. The van der Waals surface area contributed by atoms with Gasteiger partial charge in [0.2, 0.25) is 0 Å². The molecule has 0 aliphatic carbocycles. The van der Waals surface area contributed by atoms with Crippen molar-refractivity contribution in [2.75, 3.05) is 5.32 Å². The lowest BCUT2D eigenvalue weighted by atomic mass is 9.77. The molecule has 7 heteroatoms. The highest BCUT2D eigenvalue weighted by Gasteiger charge is 2.41. The van der Waals surface area contributed by atoms with Crippen LogP contribution in [0.4, 0.5) is 15.0 Å². The fraction of sp³-hybridized carbons (Fsp3) is 0.0312. The van der Waals surface area contributed by atoms with Gasteiger partial charge in [0.25, 0.3) is 0 Å². The van der Waals surface area contributed by atoms with E-state index in [1.807, 2.05) is 59.3 Å². The molecule has 1 amide bonds. The zero-order valence-electron chi connectivity index (χ0n) is 20.7. The lowest BCUT2D eigenvalue weighted by Crippen LogP contribution is -2.38. The second-order valence-electron chi connectivity index (χ2n) is 9.09. The first-order valence-corrected chi connectivity index (χ1v) is 12.4. The Bertz CT molecular complexity index is 1660. The maximum atomic E-state index is 13.8. The zero-order valence-corrected chi connectivity index (χ0v) is 20.7. The second kappa shape index (κ2) is 9.87. The third-order valence-electron chi connectivity index (χ3n) is 6.81. The van der Waals surface area contributed by atoms with Gasteiger partial charge in [-0.3, -0.25) is 5.32 Å². The normalized spacial score (nSPS) is 11.4. The summed E-state index contributed by atoms with van der Waals surface area (Å²) in [7, 11) is 0. The lowest BCUT2D eigenvalue weighted by Gasteiger charge is -2.37. The molecule has 0 saturated heterocycles. The second-order valence-corrected chi connectivity index (χ2v) is 9.09. The number of fused-ring (bicyclic) bond motifs is 1. The molecule has 0 atom stereocenters. The van der Waals surface area contributed by atoms with Crippen molar-refractivity contribution in [1.82, 2.24) is 14.8 Å². The molecule has 6 aromatic rings. The van der Waals surface area contributed by atoms with Crippen LogP contribution in [-0.4, -0.2) is 26.0 Å². The van der Waals surface area contributed by atoms with Crippen molar-refractivity contribution in [3.8, 4) is 11.3 Å². The molecule has 0 fully saturated rings. The van der Waals surface area contributed by atoms with E-state index in [2.05, 4.69) is 46.7 Å². The van der Waals surface area contributed by atoms with E-state index in [1.165, 1.54) is 12.1 Å². The van der Waals surface area contributed by atoms with Crippen LogP contribution in [0.1, 0.15) is 16.7 Å². The Morgan fingerprint density at radius 1 is 0.769 bits per heavy atom. The maximum Gasteiger partial charge on any atom is 0.410 e. The fourth-order valence-corrected chi connectivity index (χ4v) is 5.17. The van der Waals surface area contributed by atoms with Crippen molar-refractivity contribution in [2.45, 2.75) is 5.54 Å². The van der Waals surface area contributed by atoms with Crippen molar-refractivity contribution in [2.24, 2.45) is 0 Å². The summed E-state index contributed by atoms with van der Waals surface area (Å²) < 4.78 is 15.8. The van der Waals surface area contributed by atoms with Gasteiger partial charge in [-0.1, -0.05) is 91.0 Å². The number of amides is 1. The van der Waals surface area contributed by atoms with Gasteiger partial charge in [0.1, 0.15) is 22.9 Å². The van der Waals surface area contributed by atoms with E-state index >= 15 is 0 Å². The minimum absolute atomic E-state index is 0.171. The Morgan fingerprint density at radius 2 is 1.28 bits per heavy atom. The molecule has 6 rings (SSSR count). The quantitative estimate of drug-likeness (QED) is 0.231. The van der Waals surface area contributed by atoms with Crippen molar-refractivity contribution in [1.29, 1.82) is 0 Å². The van der Waals surface area contributed by atoms with Gasteiger partial charge in [0.05, 0.1) is 5.52 Å². The third-order valence-corrected chi connectivity index (χ3v) is 6.81. The first kappa shape index (κ1) is 24.1. The summed E-state index contributed by atoms with van der Waals surface area (Å²) >= 11 is 0. The molecule has 2 heterocycles. The van der Waals surface area contributed by atoms with Crippen LogP contribution in [0.2, 0.25) is 0 Å². The van der Waals surface area contributed by atoms with Crippen molar-refractivity contribution < 1.29 is 14.3 Å². The summed E-state index contributed by atoms with van der Waals surface area (Å²) in [4.78, 5) is 15.8.